The minimum atomic E-state index is -1.15. The van der Waals surface area contributed by atoms with E-state index in [2.05, 4.69) is 21.8 Å². The van der Waals surface area contributed by atoms with E-state index >= 15 is 0 Å². The quantitative estimate of drug-likeness (QED) is 0.401. The number of amides is 2. The molecule has 0 unspecified atom stereocenters. The molecule has 3 heterocycles. The van der Waals surface area contributed by atoms with E-state index in [4.69, 9.17) is 9.37 Å². The van der Waals surface area contributed by atoms with Crippen molar-refractivity contribution in [3.8, 4) is 0 Å². The lowest BCUT2D eigenvalue weighted by molar-refractivity contribution is -0.135. The van der Waals surface area contributed by atoms with Crippen LogP contribution in [0.1, 0.15) is 49.7 Å². The minimum Gasteiger partial charge on any atom is -0.445 e. The largest absolute Gasteiger partial charge is 0.445 e. The van der Waals surface area contributed by atoms with E-state index in [9.17, 15) is 14.7 Å². The van der Waals surface area contributed by atoms with Crippen molar-refractivity contribution >= 4 is 23.0 Å². The average Bonchev–Trinajstić information content (AvgIpc) is 3.80. The van der Waals surface area contributed by atoms with Crippen LogP contribution >= 0.6 is 0 Å². The number of carbonyl (C=O) groups is 2. The first-order valence-corrected chi connectivity index (χ1v) is 15.0. The van der Waals surface area contributed by atoms with Crippen LogP contribution in [0.2, 0.25) is 0 Å². The van der Waals surface area contributed by atoms with Gasteiger partial charge in [0, 0.05) is 38.1 Å². The summed E-state index contributed by atoms with van der Waals surface area (Å²) in [6.45, 7) is 6.58. The third kappa shape index (κ3) is 5.65. The first-order chi connectivity index (χ1) is 20.5. The van der Waals surface area contributed by atoms with Gasteiger partial charge in [0.1, 0.15) is 23.2 Å². The summed E-state index contributed by atoms with van der Waals surface area (Å²) in [5, 5.41) is 19.8. The van der Waals surface area contributed by atoms with Crippen molar-refractivity contribution in [1.29, 1.82) is 0 Å². The molecular formula is C32H39N5O5. The maximum Gasteiger partial charge on any atom is 0.410 e. The van der Waals surface area contributed by atoms with E-state index in [1.165, 1.54) is 0 Å². The molecule has 1 aliphatic carbocycles. The molecule has 6 rings (SSSR count). The van der Waals surface area contributed by atoms with Gasteiger partial charge in [-0.25, -0.2) is 9.42 Å². The Morgan fingerprint density at radius 2 is 1.81 bits per heavy atom. The number of benzene rings is 2. The van der Waals surface area contributed by atoms with E-state index in [-0.39, 0.29) is 36.6 Å². The number of hydrogen-bond acceptors (Lipinski definition) is 8. The maximum atomic E-state index is 13.4. The summed E-state index contributed by atoms with van der Waals surface area (Å²) >= 11 is 0. The van der Waals surface area contributed by atoms with Gasteiger partial charge in [-0.15, -0.1) is 6.58 Å². The summed E-state index contributed by atoms with van der Waals surface area (Å²) in [7, 11) is 0. The Kier molecular flexibility index (Phi) is 8.26. The first kappa shape index (κ1) is 28.4. The van der Waals surface area contributed by atoms with Gasteiger partial charge in [-0.3, -0.25) is 9.69 Å². The first-order valence-electron chi connectivity index (χ1n) is 15.0. The Bertz CT molecular complexity index is 1400. The van der Waals surface area contributed by atoms with Crippen LogP contribution in [0.15, 0.2) is 65.8 Å². The van der Waals surface area contributed by atoms with Crippen LogP contribution in [0, 0.1) is 5.92 Å². The number of piperidine rings is 1. The molecule has 2 aliphatic heterocycles. The van der Waals surface area contributed by atoms with Gasteiger partial charge in [0.15, 0.2) is 0 Å². The fourth-order valence-electron chi connectivity index (χ4n) is 7.01. The molecule has 1 aromatic heterocycles. The fourth-order valence-corrected chi connectivity index (χ4v) is 7.01. The number of aliphatic hydroxyl groups is 1. The second-order valence-electron chi connectivity index (χ2n) is 11.9. The number of rotatable bonds is 8. The zero-order valence-electron chi connectivity index (χ0n) is 23.9. The van der Waals surface area contributed by atoms with Gasteiger partial charge in [-0.2, -0.15) is 0 Å². The van der Waals surface area contributed by atoms with Crippen LogP contribution in [-0.4, -0.2) is 86.9 Å². The molecule has 3 aromatic rings. The number of fused-ring (bicyclic) bond motifs is 1. The van der Waals surface area contributed by atoms with Crippen molar-refractivity contribution in [2.75, 3.05) is 32.7 Å². The molecule has 1 saturated carbocycles. The van der Waals surface area contributed by atoms with Crippen molar-refractivity contribution in [3.05, 3.63) is 72.3 Å². The molecule has 3 aliphatic rings. The van der Waals surface area contributed by atoms with Gasteiger partial charge in [0.25, 0.3) is 0 Å². The second kappa shape index (κ2) is 12.2. The summed E-state index contributed by atoms with van der Waals surface area (Å²) in [5.41, 5.74) is 1.76. The van der Waals surface area contributed by atoms with Crippen molar-refractivity contribution in [2.24, 2.45) is 5.92 Å². The molecule has 0 spiro atoms. The van der Waals surface area contributed by atoms with Crippen molar-refractivity contribution in [2.45, 2.75) is 62.8 Å². The number of ether oxygens (including phenoxy) is 1. The lowest BCUT2D eigenvalue weighted by Gasteiger charge is -2.43. The Balaban J connectivity index is 1.12. The molecule has 2 saturated heterocycles. The third-order valence-electron chi connectivity index (χ3n) is 9.29. The molecule has 10 nitrogen and oxygen atoms in total. The van der Waals surface area contributed by atoms with Crippen LogP contribution in [-0.2, 0) is 21.7 Å². The molecular weight excluding hydrogens is 534 g/mol. The fraction of sp³-hybridized carbons (Fsp3) is 0.500. The summed E-state index contributed by atoms with van der Waals surface area (Å²) in [4.78, 5) is 32.6. The van der Waals surface area contributed by atoms with Gasteiger partial charge in [-0.1, -0.05) is 55.3 Å². The SMILES string of the molecule is C=CCN(C(=O)OCc1ccc2nonc2c1)C1CCN([C@H]2CN(C(=O)C3CCCC3)C[C@]2(O)c2ccccc2)CC1. The van der Waals surface area contributed by atoms with Crippen LogP contribution in [0.4, 0.5) is 4.79 Å². The molecule has 2 aromatic carbocycles. The smallest absolute Gasteiger partial charge is 0.410 e. The molecule has 42 heavy (non-hydrogen) atoms. The number of likely N-dealkylation sites (tertiary alicyclic amines) is 2. The van der Waals surface area contributed by atoms with E-state index in [1.807, 2.05) is 41.3 Å². The number of nitrogens with zero attached hydrogens (tertiary/aromatic N) is 5. The van der Waals surface area contributed by atoms with Crippen LogP contribution in [0.5, 0.6) is 0 Å². The van der Waals surface area contributed by atoms with Crippen molar-refractivity contribution in [3.63, 3.8) is 0 Å². The number of hydrogen-bond donors (Lipinski definition) is 1. The Morgan fingerprint density at radius 3 is 2.55 bits per heavy atom. The monoisotopic (exact) mass is 573 g/mol. The Morgan fingerprint density at radius 1 is 1.07 bits per heavy atom. The van der Waals surface area contributed by atoms with Crippen LogP contribution in [0.3, 0.4) is 0 Å². The van der Waals surface area contributed by atoms with Gasteiger partial charge in [-0.05, 0) is 59.3 Å². The van der Waals surface area contributed by atoms with Gasteiger partial charge in [0.2, 0.25) is 5.91 Å². The minimum absolute atomic E-state index is 0.0172. The van der Waals surface area contributed by atoms with Gasteiger partial charge >= 0.3 is 6.09 Å². The normalized spacial score (nSPS) is 23.8. The molecule has 1 N–H and O–H groups in total. The van der Waals surface area contributed by atoms with E-state index in [0.717, 1.165) is 49.7 Å². The van der Waals surface area contributed by atoms with E-state index < -0.39 is 5.60 Å². The third-order valence-corrected chi connectivity index (χ3v) is 9.29. The summed E-state index contributed by atoms with van der Waals surface area (Å²) < 4.78 is 10.4. The van der Waals surface area contributed by atoms with Gasteiger partial charge < -0.3 is 19.6 Å². The number of β-amino-alcohol motifs (C(OH)–C–C–N with tert-alkyl or cyclic N) is 1. The zero-order chi connectivity index (χ0) is 29.1. The van der Waals surface area contributed by atoms with Crippen molar-refractivity contribution < 1.29 is 24.1 Å². The molecule has 3 fully saturated rings. The number of carbonyl (C=O) groups excluding carboxylic acids is 2. The standard InChI is InChI=1S/C32H39N5O5/c1-2-16-37(31(39)41-21-23-12-13-27-28(19-23)34-42-33-27)26-14-17-35(18-15-26)29-20-36(30(38)24-8-6-7-9-24)22-32(29,40)25-10-4-3-5-11-25/h2-5,10-13,19,24,26,29,40H,1,6-9,14-18,20-22H2/t29-,32-/m0/s1. The van der Waals surface area contributed by atoms with Gasteiger partial charge in [0.05, 0.1) is 12.6 Å². The molecule has 2 amide bonds. The molecule has 222 valence electrons. The zero-order valence-corrected chi connectivity index (χ0v) is 23.9. The maximum absolute atomic E-state index is 13.4. The second-order valence-corrected chi connectivity index (χ2v) is 11.9. The highest BCUT2D eigenvalue weighted by molar-refractivity contribution is 5.80. The topological polar surface area (TPSA) is 112 Å². The average molecular weight is 574 g/mol. The predicted octanol–water partition coefficient (Wildman–Crippen LogP) is 4.10. The van der Waals surface area contributed by atoms with E-state index in [1.54, 1.807) is 23.1 Å². The Labute approximate surface area is 245 Å². The summed E-state index contributed by atoms with van der Waals surface area (Å²) in [6.07, 6.45) is 6.88. The molecule has 10 heteroatoms. The molecule has 2 atom stereocenters. The van der Waals surface area contributed by atoms with Crippen LogP contribution < -0.4 is 0 Å². The predicted molar refractivity (Wildman–Crippen MR) is 156 cm³/mol. The highest BCUT2D eigenvalue weighted by Crippen LogP contribution is 2.39. The van der Waals surface area contributed by atoms with Crippen LogP contribution in [0.25, 0.3) is 11.0 Å². The highest BCUT2D eigenvalue weighted by atomic mass is 16.6. The summed E-state index contributed by atoms with van der Waals surface area (Å²) in [5.74, 6) is 0.251. The van der Waals surface area contributed by atoms with Crippen molar-refractivity contribution in [1.82, 2.24) is 25.0 Å². The number of aromatic nitrogens is 2. The lowest BCUT2D eigenvalue weighted by atomic mass is 9.86. The lowest BCUT2D eigenvalue weighted by Crippen LogP contribution is -2.55. The molecule has 0 radical (unpaired) electrons. The molecule has 0 bridgehead atoms. The van der Waals surface area contributed by atoms with E-state index in [0.29, 0.717) is 43.8 Å². The Hall–Kier alpha value is -3.76. The summed E-state index contributed by atoms with van der Waals surface area (Å²) in [6, 6.07) is 14.9. The highest BCUT2D eigenvalue weighted by Gasteiger charge is 2.51.